The zero-order valence-electron chi connectivity index (χ0n) is 11.0. The zero-order chi connectivity index (χ0) is 13.2. The molecule has 0 amide bonds. The Hall–Kier alpha value is -2.10. The van der Waals surface area contributed by atoms with Crippen LogP contribution in [0.4, 0.5) is 5.69 Å². The lowest BCUT2D eigenvalue weighted by Gasteiger charge is -2.20. The van der Waals surface area contributed by atoms with Gasteiger partial charge in [0.25, 0.3) is 0 Å². The first-order valence-electron chi connectivity index (χ1n) is 6.73. The van der Waals surface area contributed by atoms with Crippen molar-refractivity contribution in [2.24, 2.45) is 0 Å². The number of carbonyl (C=O) groups is 1. The van der Waals surface area contributed by atoms with Gasteiger partial charge in [0.15, 0.2) is 5.82 Å². The number of nitrogens with one attached hydrogen (secondary N) is 1. The number of fused-ring (bicyclic) bond motifs is 1. The largest absolute Gasteiger partial charge is 0.385 e. The SMILES string of the molecule is CCn1ccnc1C(=O)c1cccc2c1CCCN2. The lowest BCUT2D eigenvalue weighted by Crippen LogP contribution is -2.18. The molecule has 0 unspecified atom stereocenters. The smallest absolute Gasteiger partial charge is 0.228 e. The molecule has 19 heavy (non-hydrogen) atoms. The minimum atomic E-state index is 0.0207. The number of carbonyl (C=O) groups excluding carboxylic acids is 1. The highest BCUT2D eigenvalue weighted by Crippen LogP contribution is 2.26. The Balaban J connectivity index is 2.05. The summed E-state index contributed by atoms with van der Waals surface area (Å²) in [5, 5.41) is 3.35. The van der Waals surface area contributed by atoms with Crippen LogP contribution in [-0.2, 0) is 13.0 Å². The highest BCUT2D eigenvalue weighted by molar-refractivity contribution is 6.08. The monoisotopic (exact) mass is 255 g/mol. The van der Waals surface area contributed by atoms with E-state index < -0.39 is 0 Å². The van der Waals surface area contributed by atoms with Crippen molar-refractivity contribution in [3.8, 4) is 0 Å². The summed E-state index contributed by atoms with van der Waals surface area (Å²) in [4.78, 5) is 16.9. The molecular formula is C15H17N3O. The van der Waals surface area contributed by atoms with E-state index in [4.69, 9.17) is 0 Å². The topological polar surface area (TPSA) is 46.9 Å². The Bertz CT molecular complexity index is 616. The third-order valence-corrected chi connectivity index (χ3v) is 3.60. The molecule has 0 radical (unpaired) electrons. The molecule has 98 valence electrons. The van der Waals surface area contributed by atoms with E-state index in [0.29, 0.717) is 5.82 Å². The number of hydrogen-bond donors (Lipinski definition) is 1. The quantitative estimate of drug-likeness (QED) is 0.857. The Labute approximate surface area is 112 Å². The number of anilines is 1. The van der Waals surface area contributed by atoms with Gasteiger partial charge >= 0.3 is 0 Å². The number of imidazole rings is 1. The maximum absolute atomic E-state index is 12.6. The lowest BCUT2D eigenvalue weighted by atomic mass is 9.95. The molecule has 1 aromatic carbocycles. The molecule has 0 spiro atoms. The molecule has 2 aromatic rings. The predicted octanol–water partition coefficient (Wildman–Crippen LogP) is 2.49. The summed E-state index contributed by atoms with van der Waals surface area (Å²) in [6.45, 7) is 3.75. The summed E-state index contributed by atoms with van der Waals surface area (Å²) in [7, 11) is 0. The first kappa shape index (κ1) is 12.0. The lowest BCUT2D eigenvalue weighted by molar-refractivity contribution is 0.102. The van der Waals surface area contributed by atoms with Crippen molar-refractivity contribution in [2.75, 3.05) is 11.9 Å². The number of rotatable bonds is 3. The van der Waals surface area contributed by atoms with E-state index in [0.717, 1.165) is 42.7 Å². The zero-order valence-corrected chi connectivity index (χ0v) is 11.0. The van der Waals surface area contributed by atoms with Gasteiger partial charge in [0.1, 0.15) is 0 Å². The molecule has 0 atom stereocenters. The van der Waals surface area contributed by atoms with Crippen LogP contribution in [0.5, 0.6) is 0 Å². The van der Waals surface area contributed by atoms with Gasteiger partial charge < -0.3 is 9.88 Å². The minimum absolute atomic E-state index is 0.0207. The maximum atomic E-state index is 12.6. The fourth-order valence-corrected chi connectivity index (χ4v) is 2.62. The van der Waals surface area contributed by atoms with Crippen LogP contribution in [-0.4, -0.2) is 21.9 Å². The van der Waals surface area contributed by atoms with Gasteiger partial charge in [0.2, 0.25) is 5.78 Å². The van der Waals surface area contributed by atoms with Gasteiger partial charge in [-0.05, 0) is 31.4 Å². The average molecular weight is 255 g/mol. The number of aryl methyl sites for hydroxylation is 1. The van der Waals surface area contributed by atoms with Crippen molar-refractivity contribution < 1.29 is 4.79 Å². The molecule has 1 aromatic heterocycles. The van der Waals surface area contributed by atoms with E-state index in [-0.39, 0.29) is 5.78 Å². The van der Waals surface area contributed by atoms with Crippen LogP contribution >= 0.6 is 0 Å². The number of nitrogens with zero attached hydrogens (tertiary/aromatic N) is 2. The van der Waals surface area contributed by atoms with Crippen LogP contribution in [0.1, 0.15) is 35.1 Å². The van der Waals surface area contributed by atoms with Crippen LogP contribution < -0.4 is 5.32 Å². The van der Waals surface area contributed by atoms with E-state index in [1.54, 1.807) is 6.20 Å². The summed E-state index contributed by atoms with van der Waals surface area (Å²) in [6, 6.07) is 5.88. The van der Waals surface area contributed by atoms with Crippen LogP contribution in [0.3, 0.4) is 0 Å². The normalized spacial score (nSPS) is 13.7. The van der Waals surface area contributed by atoms with Crippen LogP contribution in [0.25, 0.3) is 0 Å². The van der Waals surface area contributed by atoms with Crippen LogP contribution in [0.2, 0.25) is 0 Å². The molecule has 0 fully saturated rings. The molecule has 0 saturated carbocycles. The first-order chi connectivity index (χ1) is 9.31. The molecule has 1 N–H and O–H groups in total. The molecule has 0 aliphatic carbocycles. The molecule has 2 heterocycles. The second-order valence-electron chi connectivity index (χ2n) is 4.73. The van der Waals surface area contributed by atoms with E-state index in [1.807, 2.05) is 35.9 Å². The Morgan fingerprint density at radius 3 is 3.21 bits per heavy atom. The fourth-order valence-electron chi connectivity index (χ4n) is 2.62. The molecule has 1 aliphatic rings. The van der Waals surface area contributed by atoms with Crippen molar-refractivity contribution in [1.29, 1.82) is 0 Å². The number of benzene rings is 1. The van der Waals surface area contributed by atoms with Crippen molar-refractivity contribution in [3.05, 3.63) is 47.5 Å². The predicted molar refractivity (Wildman–Crippen MR) is 74.6 cm³/mol. The molecule has 4 nitrogen and oxygen atoms in total. The summed E-state index contributed by atoms with van der Waals surface area (Å²) < 4.78 is 1.89. The first-order valence-corrected chi connectivity index (χ1v) is 6.73. The van der Waals surface area contributed by atoms with Crippen LogP contribution in [0, 0.1) is 0 Å². The summed E-state index contributed by atoms with van der Waals surface area (Å²) in [5.41, 5.74) is 3.00. The molecule has 4 heteroatoms. The van der Waals surface area contributed by atoms with E-state index in [9.17, 15) is 4.79 Å². The van der Waals surface area contributed by atoms with Gasteiger partial charge in [-0.1, -0.05) is 12.1 Å². The number of aromatic nitrogens is 2. The van der Waals surface area contributed by atoms with Crippen molar-refractivity contribution in [3.63, 3.8) is 0 Å². The van der Waals surface area contributed by atoms with Gasteiger partial charge in [0, 0.05) is 36.7 Å². The van der Waals surface area contributed by atoms with Gasteiger partial charge in [-0.25, -0.2) is 4.98 Å². The third kappa shape index (κ3) is 2.03. The Kier molecular flexibility index (Phi) is 3.07. The van der Waals surface area contributed by atoms with Crippen molar-refractivity contribution >= 4 is 11.5 Å². The van der Waals surface area contributed by atoms with E-state index in [1.165, 1.54) is 0 Å². The van der Waals surface area contributed by atoms with Gasteiger partial charge in [-0.2, -0.15) is 0 Å². The molecule has 3 rings (SSSR count). The van der Waals surface area contributed by atoms with E-state index >= 15 is 0 Å². The van der Waals surface area contributed by atoms with Crippen molar-refractivity contribution in [1.82, 2.24) is 9.55 Å². The fraction of sp³-hybridized carbons (Fsp3) is 0.333. The van der Waals surface area contributed by atoms with Gasteiger partial charge in [0.05, 0.1) is 0 Å². The van der Waals surface area contributed by atoms with Crippen LogP contribution in [0.15, 0.2) is 30.6 Å². The Morgan fingerprint density at radius 2 is 2.37 bits per heavy atom. The molecule has 1 aliphatic heterocycles. The second kappa shape index (κ2) is 4.88. The molecular weight excluding hydrogens is 238 g/mol. The van der Waals surface area contributed by atoms with Gasteiger partial charge in [-0.15, -0.1) is 0 Å². The highest BCUT2D eigenvalue weighted by Gasteiger charge is 2.21. The van der Waals surface area contributed by atoms with Gasteiger partial charge in [-0.3, -0.25) is 4.79 Å². The van der Waals surface area contributed by atoms with Crippen molar-refractivity contribution in [2.45, 2.75) is 26.3 Å². The summed E-state index contributed by atoms with van der Waals surface area (Å²) in [5.74, 6) is 0.550. The number of ketones is 1. The van der Waals surface area contributed by atoms with E-state index in [2.05, 4.69) is 10.3 Å². The molecule has 0 saturated heterocycles. The number of hydrogen-bond acceptors (Lipinski definition) is 3. The standard InChI is InChI=1S/C15H17N3O/c1-2-18-10-9-17-15(18)14(19)12-5-3-7-13-11(12)6-4-8-16-13/h3,5,7,9-10,16H,2,4,6,8H2,1H3. The summed E-state index contributed by atoms with van der Waals surface area (Å²) in [6.07, 6.45) is 5.56. The third-order valence-electron chi connectivity index (χ3n) is 3.60. The highest BCUT2D eigenvalue weighted by atomic mass is 16.1. The minimum Gasteiger partial charge on any atom is -0.385 e. The average Bonchev–Trinajstić information content (AvgIpc) is 2.94. The summed E-state index contributed by atoms with van der Waals surface area (Å²) >= 11 is 0. The maximum Gasteiger partial charge on any atom is 0.228 e. The second-order valence-corrected chi connectivity index (χ2v) is 4.73. The Morgan fingerprint density at radius 1 is 1.47 bits per heavy atom. The molecule has 0 bridgehead atoms.